The van der Waals surface area contributed by atoms with Gasteiger partial charge >= 0.3 is 5.97 Å². The van der Waals surface area contributed by atoms with E-state index in [4.69, 9.17) is 16.7 Å². The fourth-order valence-electron chi connectivity index (χ4n) is 3.56. The maximum atomic E-state index is 11.1. The molecule has 1 unspecified atom stereocenters. The van der Waals surface area contributed by atoms with Crippen LogP contribution in [0.15, 0.2) is 41.4 Å². The third-order valence-electron chi connectivity index (χ3n) is 5.20. The van der Waals surface area contributed by atoms with Crippen LogP contribution in [-0.2, 0) is 0 Å². The lowest BCUT2D eigenvalue weighted by molar-refractivity contribution is 0.0697. The molecule has 0 bridgehead atoms. The molecular weight excluding hydrogens is 348 g/mol. The molecule has 0 amide bonds. The highest BCUT2D eigenvalue weighted by Crippen LogP contribution is 2.42. The summed E-state index contributed by atoms with van der Waals surface area (Å²) in [5.41, 5.74) is 4.28. The van der Waals surface area contributed by atoms with Gasteiger partial charge in [0.05, 0.1) is 16.3 Å². The van der Waals surface area contributed by atoms with Crippen molar-refractivity contribution in [1.29, 1.82) is 0 Å². The topological polar surface area (TPSA) is 52.9 Å². The summed E-state index contributed by atoms with van der Waals surface area (Å²) in [5, 5.41) is 9.54. The van der Waals surface area contributed by atoms with Crippen molar-refractivity contribution in [2.45, 2.75) is 38.6 Å². The number of carboxylic acids is 1. The van der Waals surface area contributed by atoms with E-state index in [0.717, 1.165) is 12.0 Å². The van der Waals surface area contributed by atoms with Gasteiger partial charge in [-0.2, -0.15) is 0 Å². The summed E-state index contributed by atoms with van der Waals surface area (Å²) in [7, 11) is 2.13. The number of nitrogens with zero attached hydrogens (tertiary/aromatic N) is 2. The first kappa shape index (κ1) is 18.5. The zero-order valence-electron chi connectivity index (χ0n) is 15.5. The molecule has 0 spiro atoms. The quantitative estimate of drug-likeness (QED) is 0.724. The highest BCUT2D eigenvalue weighted by Gasteiger charge is 2.33. The summed E-state index contributed by atoms with van der Waals surface area (Å²) >= 11 is 6.14. The SMILES string of the molecule is CC1CC(C)(C)N(C)c2ccc(C=Nc3cc(C(=O)O)ccc3Cl)cc21. The minimum absolute atomic E-state index is 0.132. The van der Waals surface area contributed by atoms with Crippen LogP contribution in [0.25, 0.3) is 0 Å². The Hall–Kier alpha value is -2.33. The van der Waals surface area contributed by atoms with E-state index in [1.165, 1.54) is 23.4 Å². The highest BCUT2D eigenvalue weighted by atomic mass is 35.5. The number of hydrogen-bond acceptors (Lipinski definition) is 3. The Morgan fingerprint density at radius 2 is 2.04 bits per heavy atom. The number of aromatic carboxylic acids is 1. The first-order valence-corrected chi connectivity index (χ1v) is 9.01. The van der Waals surface area contributed by atoms with Gasteiger partial charge in [0.1, 0.15) is 0 Å². The van der Waals surface area contributed by atoms with Crippen molar-refractivity contribution < 1.29 is 9.90 Å². The van der Waals surface area contributed by atoms with Crippen molar-refractivity contribution in [2.24, 2.45) is 4.99 Å². The summed E-state index contributed by atoms with van der Waals surface area (Å²) in [6.45, 7) is 6.78. The molecule has 2 aromatic rings. The molecule has 0 saturated heterocycles. The van der Waals surface area contributed by atoms with Crippen molar-refractivity contribution in [2.75, 3.05) is 11.9 Å². The van der Waals surface area contributed by atoms with Crippen LogP contribution in [0.1, 0.15) is 54.6 Å². The fourth-order valence-corrected chi connectivity index (χ4v) is 3.73. The molecule has 0 radical (unpaired) electrons. The Balaban J connectivity index is 1.93. The number of rotatable bonds is 3. The zero-order valence-corrected chi connectivity index (χ0v) is 16.2. The maximum absolute atomic E-state index is 11.1. The Kier molecular flexibility index (Phi) is 4.80. The molecule has 1 aliphatic heterocycles. The second-order valence-electron chi connectivity index (χ2n) is 7.52. The molecule has 26 heavy (non-hydrogen) atoms. The van der Waals surface area contributed by atoms with Crippen LogP contribution in [0, 0.1) is 0 Å². The molecular formula is C21H23ClN2O2. The molecule has 3 rings (SSSR count). The second kappa shape index (κ2) is 6.76. The summed E-state index contributed by atoms with van der Waals surface area (Å²) in [6.07, 6.45) is 2.82. The molecule has 4 nitrogen and oxygen atoms in total. The van der Waals surface area contributed by atoms with E-state index < -0.39 is 5.97 Å². The average Bonchev–Trinajstić information content (AvgIpc) is 2.58. The van der Waals surface area contributed by atoms with Crippen LogP contribution >= 0.6 is 11.6 Å². The summed E-state index contributed by atoms with van der Waals surface area (Å²) < 4.78 is 0. The molecule has 1 atom stereocenters. The van der Waals surface area contributed by atoms with Gasteiger partial charge in [0.15, 0.2) is 0 Å². The zero-order chi connectivity index (χ0) is 19.1. The van der Waals surface area contributed by atoms with E-state index in [0.29, 0.717) is 16.6 Å². The first-order valence-electron chi connectivity index (χ1n) is 8.64. The van der Waals surface area contributed by atoms with Gasteiger partial charge in [0, 0.05) is 24.5 Å². The minimum atomic E-state index is -0.994. The lowest BCUT2D eigenvalue weighted by Gasteiger charge is -2.45. The smallest absolute Gasteiger partial charge is 0.335 e. The van der Waals surface area contributed by atoms with E-state index in [2.05, 4.69) is 49.8 Å². The van der Waals surface area contributed by atoms with E-state index in [9.17, 15) is 4.79 Å². The van der Waals surface area contributed by atoms with Crippen molar-refractivity contribution in [1.82, 2.24) is 0 Å². The standard InChI is InChI=1S/C21H23ClN2O2/c1-13-11-21(2,3)24(4)19-8-5-14(9-16(13)19)12-23-18-10-15(20(25)26)6-7-17(18)22/h5-10,12-13H,11H2,1-4H3,(H,25,26). The van der Waals surface area contributed by atoms with Crippen LogP contribution in [-0.4, -0.2) is 29.9 Å². The molecule has 136 valence electrons. The van der Waals surface area contributed by atoms with Gasteiger partial charge in [-0.05, 0) is 67.6 Å². The van der Waals surface area contributed by atoms with Gasteiger partial charge in [-0.25, -0.2) is 4.79 Å². The average molecular weight is 371 g/mol. The van der Waals surface area contributed by atoms with Crippen molar-refractivity contribution >= 4 is 35.2 Å². The number of anilines is 1. The Morgan fingerprint density at radius 3 is 2.73 bits per heavy atom. The lowest BCUT2D eigenvalue weighted by atomic mass is 9.80. The normalized spacial score (nSPS) is 18.8. The third kappa shape index (κ3) is 3.47. The van der Waals surface area contributed by atoms with E-state index in [1.807, 2.05) is 6.07 Å². The van der Waals surface area contributed by atoms with Gasteiger partial charge in [0.25, 0.3) is 0 Å². The number of aliphatic imine (C=N–C) groups is 1. The number of halogens is 1. The molecule has 2 aromatic carbocycles. The predicted molar refractivity (Wildman–Crippen MR) is 108 cm³/mol. The van der Waals surface area contributed by atoms with Crippen LogP contribution in [0.5, 0.6) is 0 Å². The second-order valence-corrected chi connectivity index (χ2v) is 7.93. The highest BCUT2D eigenvalue weighted by molar-refractivity contribution is 6.33. The fraction of sp³-hybridized carbons (Fsp3) is 0.333. The van der Waals surface area contributed by atoms with Crippen molar-refractivity contribution in [3.05, 3.63) is 58.1 Å². The monoisotopic (exact) mass is 370 g/mol. The van der Waals surface area contributed by atoms with Crippen LogP contribution in [0.3, 0.4) is 0 Å². The molecule has 1 heterocycles. The summed E-state index contributed by atoms with van der Waals surface area (Å²) in [5.74, 6) is -0.533. The van der Waals surface area contributed by atoms with E-state index in [1.54, 1.807) is 12.3 Å². The van der Waals surface area contributed by atoms with Crippen LogP contribution in [0.4, 0.5) is 11.4 Å². The molecule has 0 fully saturated rings. The van der Waals surface area contributed by atoms with Gasteiger partial charge < -0.3 is 10.0 Å². The van der Waals surface area contributed by atoms with Gasteiger partial charge in [-0.3, -0.25) is 4.99 Å². The van der Waals surface area contributed by atoms with Gasteiger partial charge in [0.2, 0.25) is 0 Å². The lowest BCUT2D eigenvalue weighted by Crippen LogP contribution is -2.45. The molecule has 0 aliphatic carbocycles. The van der Waals surface area contributed by atoms with E-state index in [-0.39, 0.29) is 11.1 Å². The Labute approximate surface area is 159 Å². The summed E-state index contributed by atoms with van der Waals surface area (Å²) in [4.78, 5) is 17.9. The number of benzene rings is 2. The first-order chi connectivity index (χ1) is 12.2. The molecule has 0 saturated carbocycles. The molecule has 5 heteroatoms. The minimum Gasteiger partial charge on any atom is -0.478 e. The maximum Gasteiger partial charge on any atom is 0.335 e. The van der Waals surface area contributed by atoms with E-state index >= 15 is 0 Å². The van der Waals surface area contributed by atoms with Crippen LogP contribution in [0.2, 0.25) is 5.02 Å². The van der Waals surface area contributed by atoms with Crippen LogP contribution < -0.4 is 4.90 Å². The Bertz CT molecular complexity index is 890. The number of hydrogen-bond donors (Lipinski definition) is 1. The molecule has 1 N–H and O–H groups in total. The third-order valence-corrected chi connectivity index (χ3v) is 5.52. The molecule has 1 aliphatic rings. The molecule has 0 aromatic heterocycles. The van der Waals surface area contributed by atoms with Gasteiger partial charge in [-0.1, -0.05) is 24.6 Å². The van der Waals surface area contributed by atoms with Gasteiger partial charge in [-0.15, -0.1) is 0 Å². The number of carboxylic acid groups (broad SMARTS) is 1. The number of fused-ring (bicyclic) bond motifs is 1. The number of carbonyl (C=O) groups is 1. The predicted octanol–water partition coefficient (Wildman–Crippen LogP) is 5.51. The Morgan fingerprint density at radius 1 is 1.31 bits per heavy atom. The summed E-state index contributed by atoms with van der Waals surface area (Å²) in [6, 6.07) is 10.8. The van der Waals surface area contributed by atoms with Crippen molar-refractivity contribution in [3.63, 3.8) is 0 Å². The largest absolute Gasteiger partial charge is 0.478 e. The van der Waals surface area contributed by atoms with Crippen molar-refractivity contribution in [3.8, 4) is 0 Å².